The molecule has 1 aliphatic rings. The molecule has 1 aliphatic heterocycles. The fourth-order valence-electron chi connectivity index (χ4n) is 2.92. The summed E-state index contributed by atoms with van der Waals surface area (Å²) in [5.41, 5.74) is 2.23. The summed E-state index contributed by atoms with van der Waals surface area (Å²) >= 11 is 8.65. The zero-order chi connectivity index (χ0) is 21.1. The maximum Gasteiger partial charge on any atom is 0.270 e. The van der Waals surface area contributed by atoms with Crippen molar-refractivity contribution in [3.8, 4) is 11.5 Å². The normalized spacial score (nSPS) is 15.5. The van der Waals surface area contributed by atoms with Gasteiger partial charge in [0.2, 0.25) is 0 Å². The Balaban J connectivity index is 2.04. The molecule has 1 fully saturated rings. The average molecular weight is 475 g/mol. The molecule has 0 aromatic heterocycles. The minimum Gasteiger partial charge on any atom is -0.496 e. The van der Waals surface area contributed by atoms with Gasteiger partial charge in [0.1, 0.15) is 17.1 Å². The van der Waals surface area contributed by atoms with Gasteiger partial charge in [0.25, 0.3) is 11.8 Å². The van der Waals surface area contributed by atoms with Crippen LogP contribution in [-0.4, -0.2) is 31.1 Å². The zero-order valence-corrected chi connectivity index (χ0v) is 18.5. The van der Waals surface area contributed by atoms with Crippen LogP contribution in [0.2, 0.25) is 0 Å². The molecule has 8 heteroatoms. The fraction of sp³-hybridized carbons (Fsp3) is 0.190. The van der Waals surface area contributed by atoms with Crippen molar-refractivity contribution in [3.05, 3.63) is 57.6 Å². The second kappa shape index (κ2) is 8.75. The number of thiocarbonyl (C=S) groups is 1. The van der Waals surface area contributed by atoms with Gasteiger partial charge in [-0.15, -0.1) is 0 Å². The lowest BCUT2D eigenvalue weighted by atomic mass is 10.1. The lowest BCUT2D eigenvalue weighted by Crippen LogP contribution is -2.54. The third-order valence-corrected chi connectivity index (χ3v) is 5.41. The van der Waals surface area contributed by atoms with Crippen molar-refractivity contribution in [1.82, 2.24) is 5.32 Å². The molecule has 29 heavy (non-hydrogen) atoms. The molecule has 0 aliphatic carbocycles. The zero-order valence-electron chi connectivity index (χ0n) is 16.1. The highest BCUT2D eigenvalue weighted by Crippen LogP contribution is 2.34. The molecular formula is C21H19BrN2O4S. The Kier molecular flexibility index (Phi) is 6.34. The van der Waals surface area contributed by atoms with Crippen LogP contribution in [-0.2, 0) is 16.0 Å². The minimum absolute atomic E-state index is 0.0456. The predicted octanol–water partition coefficient (Wildman–Crippen LogP) is 3.86. The van der Waals surface area contributed by atoms with Crippen LogP contribution in [0.25, 0.3) is 6.08 Å². The first kappa shape index (κ1) is 21.0. The molecule has 6 nitrogen and oxygen atoms in total. The van der Waals surface area contributed by atoms with E-state index in [1.807, 2.05) is 31.2 Å². The van der Waals surface area contributed by atoms with E-state index in [0.29, 0.717) is 27.2 Å². The van der Waals surface area contributed by atoms with Crippen molar-refractivity contribution in [2.24, 2.45) is 0 Å². The molecule has 1 N–H and O–H groups in total. The molecule has 0 bridgehead atoms. The van der Waals surface area contributed by atoms with Crippen LogP contribution >= 0.6 is 28.1 Å². The van der Waals surface area contributed by atoms with Crippen LogP contribution < -0.4 is 19.7 Å². The summed E-state index contributed by atoms with van der Waals surface area (Å²) in [5, 5.41) is 2.63. The van der Waals surface area contributed by atoms with Gasteiger partial charge in [-0.05, 0) is 64.4 Å². The Hall–Kier alpha value is -2.71. The molecule has 3 rings (SSSR count). The largest absolute Gasteiger partial charge is 0.496 e. The third kappa shape index (κ3) is 4.18. The molecular weight excluding hydrogens is 456 g/mol. The van der Waals surface area contributed by atoms with Gasteiger partial charge in [-0.3, -0.25) is 19.8 Å². The molecule has 0 saturated carbocycles. The molecule has 1 heterocycles. The number of methoxy groups -OCH3 is 2. The van der Waals surface area contributed by atoms with E-state index in [9.17, 15) is 9.59 Å². The van der Waals surface area contributed by atoms with Crippen LogP contribution in [0.5, 0.6) is 11.5 Å². The Bertz CT molecular complexity index is 1020. The summed E-state index contributed by atoms with van der Waals surface area (Å²) in [6.45, 7) is 2.05. The highest BCUT2D eigenvalue weighted by atomic mass is 79.9. The molecule has 0 atom stereocenters. The van der Waals surface area contributed by atoms with Gasteiger partial charge >= 0.3 is 0 Å². The predicted molar refractivity (Wildman–Crippen MR) is 119 cm³/mol. The summed E-state index contributed by atoms with van der Waals surface area (Å²) in [6, 6.07) is 10.9. The van der Waals surface area contributed by atoms with Gasteiger partial charge in [-0.1, -0.05) is 19.1 Å². The quantitative estimate of drug-likeness (QED) is 0.404. The van der Waals surface area contributed by atoms with Crippen LogP contribution in [0.1, 0.15) is 18.1 Å². The van der Waals surface area contributed by atoms with Gasteiger partial charge in [0.15, 0.2) is 5.11 Å². The van der Waals surface area contributed by atoms with E-state index in [4.69, 9.17) is 21.7 Å². The number of nitrogens with one attached hydrogen (secondary N) is 1. The third-order valence-electron chi connectivity index (χ3n) is 4.51. The first-order valence-corrected chi connectivity index (χ1v) is 10.0. The summed E-state index contributed by atoms with van der Waals surface area (Å²) in [5.74, 6) is -0.0280. The number of hydrogen-bond acceptors (Lipinski definition) is 5. The van der Waals surface area contributed by atoms with E-state index >= 15 is 0 Å². The van der Waals surface area contributed by atoms with Crippen molar-refractivity contribution in [1.29, 1.82) is 0 Å². The number of ether oxygens (including phenoxy) is 2. The maximum atomic E-state index is 13.1. The van der Waals surface area contributed by atoms with Gasteiger partial charge in [-0.2, -0.15) is 0 Å². The van der Waals surface area contributed by atoms with Crippen LogP contribution in [0.3, 0.4) is 0 Å². The second-order valence-electron chi connectivity index (χ2n) is 6.21. The van der Waals surface area contributed by atoms with Crippen molar-refractivity contribution in [2.75, 3.05) is 19.1 Å². The van der Waals surface area contributed by atoms with E-state index in [1.165, 1.54) is 18.1 Å². The van der Waals surface area contributed by atoms with Crippen molar-refractivity contribution in [2.45, 2.75) is 13.3 Å². The number of halogens is 1. The SMILES string of the molecule is CCc1ccc(N2C(=O)C(=Cc3cc(Br)c(OC)cc3OC)C(=O)NC2=S)cc1. The number of carbonyl (C=O) groups excluding carboxylic acids is 2. The minimum atomic E-state index is -0.560. The summed E-state index contributed by atoms with van der Waals surface area (Å²) in [7, 11) is 3.04. The number of benzene rings is 2. The van der Waals surface area contributed by atoms with Crippen LogP contribution in [0.4, 0.5) is 5.69 Å². The standard InChI is InChI=1S/C21H19BrN2O4S/c1-4-12-5-7-14(8-6-12)24-20(26)15(19(25)23-21(24)29)9-13-10-16(22)18(28-3)11-17(13)27-2/h5-11H,4H2,1-3H3,(H,23,25,29). The summed E-state index contributed by atoms with van der Waals surface area (Å²) in [6.07, 6.45) is 2.36. The van der Waals surface area contributed by atoms with Crippen molar-refractivity contribution < 1.29 is 19.1 Å². The molecule has 2 aromatic rings. The number of carbonyl (C=O) groups is 2. The number of anilines is 1. The number of nitrogens with zero attached hydrogens (tertiary/aromatic N) is 1. The van der Waals surface area contributed by atoms with E-state index in [1.54, 1.807) is 19.2 Å². The highest BCUT2D eigenvalue weighted by Gasteiger charge is 2.34. The molecule has 150 valence electrons. The number of hydrogen-bond donors (Lipinski definition) is 1. The molecule has 0 spiro atoms. The van der Waals surface area contributed by atoms with Crippen molar-refractivity contribution in [3.63, 3.8) is 0 Å². The highest BCUT2D eigenvalue weighted by molar-refractivity contribution is 9.10. The van der Waals surface area contributed by atoms with E-state index in [2.05, 4.69) is 21.2 Å². The summed E-state index contributed by atoms with van der Waals surface area (Å²) in [4.78, 5) is 27.0. The molecule has 2 amide bonds. The van der Waals surface area contributed by atoms with E-state index in [0.717, 1.165) is 12.0 Å². The monoisotopic (exact) mass is 474 g/mol. The summed E-state index contributed by atoms with van der Waals surface area (Å²) < 4.78 is 11.3. The maximum absolute atomic E-state index is 13.1. The number of amides is 2. The Morgan fingerprint density at radius 3 is 2.34 bits per heavy atom. The molecule has 0 unspecified atom stereocenters. The number of rotatable bonds is 5. The number of aryl methyl sites for hydroxylation is 1. The van der Waals surface area contributed by atoms with Gasteiger partial charge in [0, 0.05) is 11.6 Å². The van der Waals surface area contributed by atoms with E-state index < -0.39 is 11.8 Å². The van der Waals surface area contributed by atoms with Gasteiger partial charge < -0.3 is 9.47 Å². The first-order valence-electron chi connectivity index (χ1n) is 8.81. The van der Waals surface area contributed by atoms with Crippen LogP contribution in [0, 0.1) is 0 Å². The van der Waals surface area contributed by atoms with Crippen molar-refractivity contribution >= 4 is 56.8 Å². The lowest BCUT2D eigenvalue weighted by Gasteiger charge is -2.29. The van der Waals surface area contributed by atoms with Gasteiger partial charge in [0.05, 0.1) is 24.4 Å². The smallest absolute Gasteiger partial charge is 0.270 e. The topological polar surface area (TPSA) is 67.9 Å². The second-order valence-corrected chi connectivity index (χ2v) is 7.45. The van der Waals surface area contributed by atoms with Gasteiger partial charge in [-0.25, -0.2) is 0 Å². The average Bonchev–Trinajstić information content (AvgIpc) is 2.71. The van der Waals surface area contributed by atoms with Crippen LogP contribution in [0.15, 0.2) is 46.4 Å². The fourth-order valence-corrected chi connectivity index (χ4v) is 3.73. The Labute approximate surface area is 182 Å². The molecule has 0 radical (unpaired) electrons. The molecule has 2 aromatic carbocycles. The Morgan fingerprint density at radius 2 is 1.76 bits per heavy atom. The molecule has 1 saturated heterocycles. The Morgan fingerprint density at radius 1 is 1.10 bits per heavy atom. The lowest BCUT2D eigenvalue weighted by molar-refractivity contribution is -0.122. The first-order chi connectivity index (χ1) is 13.9. The van der Waals surface area contributed by atoms with E-state index in [-0.39, 0.29) is 10.7 Å².